The van der Waals surface area contributed by atoms with Gasteiger partial charge >= 0.3 is 6.18 Å². The highest BCUT2D eigenvalue weighted by atomic mass is 19.4. The van der Waals surface area contributed by atoms with Gasteiger partial charge in [-0.25, -0.2) is 20.1 Å². The zero-order valence-corrected chi connectivity index (χ0v) is 19.6. The highest BCUT2D eigenvalue weighted by Crippen LogP contribution is 2.45. The van der Waals surface area contributed by atoms with Crippen LogP contribution in [0.1, 0.15) is 16.8 Å². The number of benzene rings is 4. The molecule has 1 aromatic heterocycles. The molecule has 0 spiro atoms. The number of nitriles is 1. The van der Waals surface area contributed by atoms with Crippen molar-refractivity contribution in [1.29, 1.82) is 5.26 Å². The van der Waals surface area contributed by atoms with E-state index in [0.29, 0.717) is 39.1 Å². The lowest BCUT2D eigenvalue weighted by Gasteiger charge is -2.14. The second kappa shape index (κ2) is 8.69. The Morgan fingerprint density at radius 2 is 1.26 bits per heavy atom. The molecule has 0 saturated heterocycles. The zero-order valence-electron chi connectivity index (χ0n) is 19.6. The number of alkyl halides is 3. The number of halogens is 3. The van der Waals surface area contributed by atoms with E-state index in [1.165, 1.54) is 12.1 Å². The van der Waals surface area contributed by atoms with Crippen LogP contribution < -0.4 is 0 Å². The summed E-state index contributed by atoms with van der Waals surface area (Å²) in [5, 5.41) is 9.64. The third-order valence-corrected chi connectivity index (χ3v) is 6.55. The summed E-state index contributed by atoms with van der Waals surface area (Å²) in [5.74, 6) is 0. The maximum Gasteiger partial charge on any atom is 0.416 e. The van der Waals surface area contributed by atoms with Crippen molar-refractivity contribution in [3.05, 3.63) is 125 Å². The SMILES string of the molecule is [C-]#[N+]C(C#N)=C1c2ccccc2-c2nc3cc(-c4ccc(C(F)(F)F)cc4)c(-c4ccccc4)cc3nc21. The number of fused-ring (bicyclic) bond motifs is 4. The van der Waals surface area contributed by atoms with E-state index in [-0.39, 0.29) is 5.70 Å². The molecule has 0 amide bonds. The summed E-state index contributed by atoms with van der Waals surface area (Å²) in [6.45, 7) is 7.52. The van der Waals surface area contributed by atoms with E-state index in [4.69, 9.17) is 16.5 Å². The fraction of sp³-hybridized carbons (Fsp3) is 0.0323. The Bertz CT molecular complexity index is 1840. The Hall–Kier alpha value is -5.27. The third kappa shape index (κ3) is 3.70. The first kappa shape index (κ1) is 23.1. The molecule has 0 saturated carbocycles. The highest BCUT2D eigenvalue weighted by molar-refractivity contribution is 6.03. The molecular formula is C31H15F3N4. The lowest BCUT2D eigenvalue weighted by atomic mass is 9.93. The molecular weight excluding hydrogens is 485 g/mol. The van der Waals surface area contributed by atoms with Gasteiger partial charge in [-0.2, -0.15) is 13.2 Å². The van der Waals surface area contributed by atoms with Gasteiger partial charge in [-0.3, -0.25) is 0 Å². The average Bonchev–Trinajstić information content (AvgIpc) is 3.25. The molecule has 38 heavy (non-hydrogen) atoms. The van der Waals surface area contributed by atoms with Gasteiger partial charge in [-0.1, -0.05) is 66.7 Å². The third-order valence-electron chi connectivity index (χ3n) is 6.55. The molecule has 6 rings (SSSR count). The van der Waals surface area contributed by atoms with Gasteiger partial charge in [-0.15, -0.1) is 0 Å². The average molecular weight is 500 g/mol. The molecule has 1 aliphatic carbocycles. The van der Waals surface area contributed by atoms with Gasteiger partial charge in [-0.05, 0) is 52.1 Å². The van der Waals surface area contributed by atoms with Crippen molar-refractivity contribution >= 4 is 16.6 Å². The normalized spacial score (nSPS) is 13.4. The van der Waals surface area contributed by atoms with Crippen LogP contribution >= 0.6 is 0 Å². The standard InChI is InChI=1S/C31H15F3N4/c1-36-27(17-35)28-21-9-5-6-10-22(21)29-30(28)38-26-15-23(18-7-3-2-4-8-18)24(16-25(26)37-29)19-11-13-20(14-12-19)31(32,33)34/h2-16H. The van der Waals surface area contributed by atoms with E-state index < -0.39 is 11.7 Å². The monoisotopic (exact) mass is 500 g/mol. The molecule has 0 aliphatic heterocycles. The maximum atomic E-state index is 13.2. The van der Waals surface area contributed by atoms with Gasteiger partial charge in [0.15, 0.2) is 0 Å². The van der Waals surface area contributed by atoms with Gasteiger partial charge in [0.1, 0.15) is 0 Å². The summed E-state index contributed by atoms with van der Waals surface area (Å²) in [6.07, 6.45) is -4.43. The molecule has 1 aliphatic rings. The number of hydrogen-bond acceptors (Lipinski definition) is 3. The molecule has 0 bridgehead atoms. The van der Waals surface area contributed by atoms with Crippen molar-refractivity contribution in [3.63, 3.8) is 0 Å². The van der Waals surface area contributed by atoms with Crippen molar-refractivity contribution in [2.24, 2.45) is 0 Å². The number of allylic oxidation sites excluding steroid dienone is 1. The topological polar surface area (TPSA) is 53.9 Å². The maximum absolute atomic E-state index is 13.2. The van der Waals surface area contributed by atoms with E-state index in [0.717, 1.165) is 34.4 Å². The van der Waals surface area contributed by atoms with Crippen LogP contribution in [0, 0.1) is 17.9 Å². The highest BCUT2D eigenvalue weighted by Gasteiger charge is 2.31. The van der Waals surface area contributed by atoms with Crippen molar-refractivity contribution in [2.45, 2.75) is 6.18 Å². The van der Waals surface area contributed by atoms with E-state index in [2.05, 4.69) is 4.85 Å². The Balaban J connectivity index is 1.64. The molecule has 7 heteroatoms. The van der Waals surface area contributed by atoms with E-state index in [9.17, 15) is 18.4 Å². The minimum absolute atomic E-state index is 0.0606. The van der Waals surface area contributed by atoms with Crippen LogP contribution in [0.5, 0.6) is 0 Å². The van der Waals surface area contributed by atoms with Crippen LogP contribution in [0.4, 0.5) is 13.2 Å². The smallest absolute Gasteiger partial charge is 0.245 e. The Morgan fingerprint density at radius 1 is 0.711 bits per heavy atom. The predicted octanol–water partition coefficient (Wildman–Crippen LogP) is 8.17. The first-order chi connectivity index (χ1) is 18.4. The lowest BCUT2D eigenvalue weighted by Crippen LogP contribution is -2.04. The van der Waals surface area contributed by atoms with Crippen LogP contribution in [0.15, 0.2) is 96.7 Å². The van der Waals surface area contributed by atoms with Gasteiger partial charge < -0.3 is 0 Å². The van der Waals surface area contributed by atoms with Crippen molar-refractivity contribution in [3.8, 4) is 39.6 Å². The number of aromatic nitrogens is 2. The minimum Gasteiger partial charge on any atom is -0.245 e. The van der Waals surface area contributed by atoms with Crippen LogP contribution in [0.3, 0.4) is 0 Å². The Labute approximate surface area is 215 Å². The van der Waals surface area contributed by atoms with Crippen molar-refractivity contribution < 1.29 is 13.2 Å². The van der Waals surface area contributed by atoms with E-state index >= 15 is 0 Å². The van der Waals surface area contributed by atoms with E-state index in [1.54, 1.807) is 0 Å². The molecule has 180 valence electrons. The van der Waals surface area contributed by atoms with Crippen molar-refractivity contribution in [1.82, 2.24) is 9.97 Å². The zero-order chi connectivity index (χ0) is 26.4. The summed E-state index contributed by atoms with van der Waals surface area (Å²) in [5.41, 5.74) is 6.26. The Morgan fingerprint density at radius 3 is 1.84 bits per heavy atom. The molecule has 0 unspecified atom stereocenters. The largest absolute Gasteiger partial charge is 0.416 e. The fourth-order valence-corrected chi connectivity index (χ4v) is 4.81. The molecule has 0 atom stereocenters. The molecule has 5 aromatic rings. The van der Waals surface area contributed by atoms with Crippen molar-refractivity contribution in [2.75, 3.05) is 0 Å². The summed E-state index contributed by atoms with van der Waals surface area (Å²) < 4.78 is 39.6. The predicted molar refractivity (Wildman–Crippen MR) is 139 cm³/mol. The number of hydrogen-bond donors (Lipinski definition) is 0. The minimum atomic E-state index is -4.43. The van der Waals surface area contributed by atoms with Gasteiger partial charge in [0.25, 0.3) is 5.70 Å². The first-order valence-corrected chi connectivity index (χ1v) is 11.6. The summed E-state index contributed by atoms with van der Waals surface area (Å²) in [7, 11) is 0. The van der Waals surface area contributed by atoms with Crippen LogP contribution in [-0.4, -0.2) is 9.97 Å². The second-order valence-electron chi connectivity index (χ2n) is 8.74. The summed E-state index contributed by atoms with van der Waals surface area (Å²) >= 11 is 0. The van der Waals surface area contributed by atoms with Crippen LogP contribution in [0.2, 0.25) is 0 Å². The van der Waals surface area contributed by atoms with Gasteiger partial charge in [0.2, 0.25) is 0 Å². The number of nitrogens with zero attached hydrogens (tertiary/aromatic N) is 4. The fourth-order valence-electron chi connectivity index (χ4n) is 4.81. The Kier molecular flexibility index (Phi) is 5.29. The van der Waals surface area contributed by atoms with Gasteiger partial charge in [0.05, 0.1) is 40.6 Å². The molecule has 1 heterocycles. The quantitative estimate of drug-likeness (QED) is 0.178. The summed E-state index contributed by atoms with van der Waals surface area (Å²) in [6, 6.07) is 27.6. The molecule has 0 fully saturated rings. The van der Waals surface area contributed by atoms with Crippen LogP contribution in [-0.2, 0) is 6.18 Å². The molecule has 4 aromatic carbocycles. The molecule has 0 N–H and O–H groups in total. The number of rotatable bonds is 2. The van der Waals surface area contributed by atoms with Gasteiger partial charge in [0, 0.05) is 11.1 Å². The molecule has 4 nitrogen and oxygen atoms in total. The lowest BCUT2D eigenvalue weighted by molar-refractivity contribution is -0.137. The van der Waals surface area contributed by atoms with Crippen LogP contribution in [0.25, 0.3) is 55.0 Å². The summed E-state index contributed by atoms with van der Waals surface area (Å²) in [4.78, 5) is 13.2. The second-order valence-corrected chi connectivity index (χ2v) is 8.74. The first-order valence-electron chi connectivity index (χ1n) is 11.6. The molecule has 0 radical (unpaired) electrons. The van der Waals surface area contributed by atoms with E-state index in [1.807, 2.05) is 72.8 Å².